The lowest BCUT2D eigenvalue weighted by atomic mass is 9.68. The first kappa shape index (κ1) is 14.2. The maximum absolute atomic E-state index is 11.3. The zero-order chi connectivity index (χ0) is 14.9. The summed E-state index contributed by atoms with van der Waals surface area (Å²) in [5, 5.41) is 11.3. The number of nitrogen functional groups attached to an aromatic ring is 1. The fraction of sp³-hybridized carbons (Fsp3) is 0.625. The summed E-state index contributed by atoms with van der Waals surface area (Å²) >= 11 is 0. The third-order valence-electron chi connectivity index (χ3n) is 5.31. The summed E-state index contributed by atoms with van der Waals surface area (Å²) in [7, 11) is 0. The van der Waals surface area contributed by atoms with Crippen LogP contribution < -0.4 is 10.6 Å². The lowest BCUT2D eigenvalue weighted by molar-refractivity contribution is -0.383. The van der Waals surface area contributed by atoms with Crippen molar-refractivity contribution in [1.29, 1.82) is 0 Å². The van der Waals surface area contributed by atoms with Crippen LogP contribution in [0.3, 0.4) is 0 Å². The number of benzene rings is 1. The molecule has 1 saturated heterocycles. The molecule has 0 unspecified atom stereocenters. The van der Waals surface area contributed by atoms with Gasteiger partial charge in [-0.2, -0.15) is 0 Å². The van der Waals surface area contributed by atoms with Gasteiger partial charge in [0.1, 0.15) is 11.4 Å². The molecule has 21 heavy (non-hydrogen) atoms. The second kappa shape index (κ2) is 5.54. The Kier molecular flexibility index (Phi) is 3.74. The Labute approximate surface area is 125 Å². The summed E-state index contributed by atoms with van der Waals surface area (Å²) in [6.07, 6.45) is 9.03. The van der Waals surface area contributed by atoms with Gasteiger partial charge in [0.2, 0.25) is 0 Å². The van der Waals surface area contributed by atoms with Crippen molar-refractivity contribution in [3.05, 3.63) is 28.3 Å². The number of piperidine rings is 1. The lowest BCUT2D eigenvalue weighted by Gasteiger charge is -2.44. The highest BCUT2D eigenvalue weighted by Gasteiger charge is 2.36. The average Bonchev–Trinajstić information content (AvgIpc) is 2.48. The maximum Gasteiger partial charge on any atom is 0.315 e. The van der Waals surface area contributed by atoms with E-state index < -0.39 is 0 Å². The molecule has 1 aliphatic carbocycles. The molecule has 0 bridgehead atoms. The fourth-order valence-corrected chi connectivity index (χ4v) is 4.03. The Morgan fingerprint density at radius 2 is 1.76 bits per heavy atom. The molecule has 5 heteroatoms. The molecule has 2 fully saturated rings. The number of hydrogen-bond acceptors (Lipinski definition) is 4. The third kappa shape index (κ3) is 2.69. The second-order valence-electron chi connectivity index (χ2n) is 6.52. The molecule has 3 rings (SSSR count). The summed E-state index contributed by atoms with van der Waals surface area (Å²) in [6, 6.07) is 5.24. The molecule has 5 nitrogen and oxygen atoms in total. The summed E-state index contributed by atoms with van der Waals surface area (Å²) in [5.74, 6) is 0. The second-order valence-corrected chi connectivity index (χ2v) is 6.52. The Bertz CT molecular complexity index is 528. The first-order valence-corrected chi connectivity index (χ1v) is 7.89. The van der Waals surface area contributed by atoms with Gasteiger partial charge in [-0.3, -0.25) is 10.1 Å². The van der Waals surface area contributed by atoms with Gasteiger partial charge < -0.3 is 10.6 Å². The quantitative estimate of drug-likeness (QED) is 0.511. The van der Waals surface area contributed by atoms with E-state index >= 15 is 0 Å². The Morgan fingerprint density at radius 3 is 2.38 bits per heavy atom. The zero-order valence-corrected chi connectivity index (χ0v) is 12.4. The van der Waals surface area contributed by atoms with E-state index in [1.165, 1.54) is 32.1 Å². The van der Waals surface area contributed by atoms with Crippen LogP contribution in [0, 0.1) is 15.5 Å². The molecule has 2 aliphatic rings. The molecular formula is C16H23N3O2. The van der Waals surface area contributed by atoms with E-state index in [1.54, 1.807) is 6.07 Å². The van der Waals surface area contributed by atoms with Crippen molar-refractivity contribution >= 4 is 17.1 Å². The SMILES string of the molecule is Nc1cccc(N2CCC3(CCCCC3)CC2)c1[N+](=O)[O-]. The minimum Gasteiger partial charge on any atom is -0.393 e. The molecule has 0 aromatic heterocycles. The van der Waals surface area contributed by atoms with Crippen LogP contribution in [0.15, 0.2) is 18.2 Å². The van der Waals surface area contributed by atoms with Crippen LogP contribution >= 0.6 is 0 Å². The smallest absolute Gasteiger partial charge is 0.315 e. The zero-order valence-electron chi connectivity index (χ0n) is 12.4. The van der Waals surface area contributed by atoms with Crippen molar-refractivity contribution in [2.75, 3.05) is 23.7 Å². The van der Waals surface area contributed by atoms with Crippen LogP contribution in [0.1, 0.15) is 44.9 Å². The molecule has 1 aliphatic heterocycles. The van der Waals surface area contributed by atoms with Crippen molar-refractivity contribution in [3.63, 3.8) is 0 Å². The predicted molar refractivity (Wildman–Crippen MR) is 84.5 cm³/mol. The van der Waals surface area contributed by atoms with Crippen LogP contribution in [-0.2, 0) is 0 Å². The molecular weight excluding hydrogens is 266 g/mol. The van der Waals surface area contributed by atoms with Gasteiger partial charge in [-0.1, -0.05) is 25.3 Å². The van der Waals surface area contributed by atoms with Gasteiger partial charge >= 0.3 is 5.69 Å². The van der Waals surface area contributed by atoms with Crippen molar-refractivity contribution in [2.45, 2.75) is 44.9 Å². The monoisotopic (exact) mass is 289 g/mol. The molecule has 1 aromatic rings. The van der Waals surface area contributed by atoms with E-state index in [0.29, 0.717) is 11.1 Å². The van der Waals surface area contributed by atoms with Gasteiger partial charge in [-0.15, -0.1) is 0 Å². The van der Waals surface area contributed by atoms with E-state index in [9.17, 15) is 10.1 Å². The van der Waals surface area contributed by atoms with Crippen LogP contribution in [0.25, 0.3) is 0 Å². The maximum atomic E-state index is 11.3. The molecule has 114 valence electrons. The average molecular weight is 289 g/mol. The Hall–Kier alpha value is -1.78. The molecule has 0 amide bonds. The first-order chi connectivity index (χ1) is 10.1. The van der Waals surface area contributed by atoms with Gasteiger partial charge in [0.15, 0.2) is 0 Å². The number of nitro groups is 1. The number of nitrogens with two attached hydrogens (primary N) is 1. The van der Waals surface area contributed by atoms with Crippen molar-refractivity contribution in [3.8, 4) is 0 Å². The molecule has 0 radical (unpaired) electrons. The standard InChI is InChI=1S/C16H23N3O2/c17-13-5-4-6-14(15(13)19(20)21)18-11-9-16(10-12-18)7-2-1-3-8-16/h4-6H,1-3,7-12,17H2. The number of anilines is 2. The van der Waals surface area contributed by atoms with Crippen LogP contribution in [0.5, 0.6) is 0 Å². The number of nitrogens with zero attached hydrogens (tertiary/aromatic N) is 2. The van der Waals surface area contributed by atoms with Gasteiger partial charge in [-0.05, 0) is 43.2 Å². The minimum atomic E-state index is -0.352. The Morgan fingerprint density at radius 1 is 1.10 bits per heavy atom. The summed E-state index contributed by atoms with van der Waals surface area (Å²) in [5.41, 5.74) is 7.31. The largest absolute Gasteiger partial charge is 0.393 e. The van der Waals surface area contributed by atoms with Crippen molar-refractivity contribution in [1.82, 2.24) is 0 Å². The number of para-hydroxylation sites is 1. The molecule has 2 N–H and O–H groups in total. The number of hydrogen-bond donors (Lipinski definition) is 1. The molecule has 0 atom stereocenters. The highest BCUT2D eigenvalue weighted by Crippen LogP contribution is 2.46. The summed E-state index contributed by atoms with van der Waals surface area (Å²) in [4.78, 5) is 13.1. The number of nitro benzene ring substituents is 1. The van der Waals surface area contributed by atoms with E-state index in [4.69, 9.17) is 5.73 Å². The summed E-state index contributed by atoms with van der Waals surface area (Å²) < 4.78 is 0. The molecule has 1 saturated carbocycles. The van der Waals surface area contributed by atoms with E-state index in [1.807, 2.05) is 12.1 Å². The van der Waals surface area contributed by atoms with E-state index in [2.05, 4.69) is 4.90 Å². The predicted octanol–water partition coefficient (Wildman–Crippen LogP) is 3.73. The van der Waals surface area contributed by atoms with Gasteiger partial charge in [0, 0.05) is 13.1 Å². The van der Waals surface area contributed by atoms with E-state index in [-0.39, 0.29) is 16.3 Å². The van der Waals surface area contributed by atoms with Crippen molar-refractivity contribution < 1.29 is 4.92 Å². The number of rotatable bonds is 2. The van der Waals surface area contributed by atoms with Crippen molar-refractivity contribution in [2.24, 2.45) is 5.41 Å². The molecule has 1 heterocycles. The third-order valence-corrected chi connectivity index (χ3v) is 5.31. The van der Waals surface area contributed by atoms with Gasteiger partial charge in [0.05, 0.1) is 4.92 Å². The van der Waals surface area contributed by atoms with Crippen LogP contribution in [0.4, 0.5) is 17.1 Å². The molecule has 1 aromatic carbocycles. The van der Waals surface area contributed by atoms with Gasteiger partial charge in [0.25, 0.3) is 0 Å². The Balaban J connectivity index is 1.78. The molecule has 1 spiro atoms. The normalized spacial score (nSPS) is 21.4. The fourth-order valence-electron chi connectivity index (χ4n) is 4.03. The topological polar surface area (TPSA) is 72.4 Å². The van der Waals surface area contributed by atoms with Gasteiger partial charge in [-0.25, -0.2) is 0 Å². The lowest BCUT2D eigenvalue weighted by Crippen LogP contribution is -2.41. The van der Waals surface area contributed by atoms with Crippen LogP contribution in [0.2, 0.25) is 0 Å². The highest BCUT2D eigenvalue weighted by atomic mass is 16.6. The highest BCUT2D eigenvalue weighted by molar-refractivity contribution is 5.75. The minimum absolute atomic E-state index is 0.0668. The summed E-state index contributed by atoms with van der Waals surface area (Å²) in [6.45, 7) is 1.81. The van der Waals surface area contributed by atoms with E-state index in [0.717, 1.165) is 25.9 Å². The van der Waals surface area contributed by atoms with Crippen LogP contribution in [-0.4, -0.2) is 18.0 Å². The first-order valence-electron chi connectivity index (χ1n) is 7.89.